The normalized spacial score (nSPS) is 13.8. The van der Waals surface area contributed by atoms with Gasteiger partial charge >= 0.3 is 28.4 Å². The van der Waals surface area contributed by atoms with Gasteiger partial charge < -0.3 is 67.1 Å². The van der Waals surface area contributed by atoms with Gasteiger partial charge in [0.15, 0.2) is 0 Å². The number of carboxylic acid groups (broad SMARTS) is 1. The van der Waals surface area contributed by atoms with E-state index < -0.39 is 149 Å². The summed E-state index contributed by atoms with van der Waals surface area (Å²) >= 11 is 0. The van der Waals surface area contributed by atoms with Crippen molar-refractivity contribution >= 4 is 86.6 Å². The van der Waals surface area contributed by atoms with E-state index in [1.54, 1.807) is 67.7 Å². The third-order valence-electron chi connectivity index (χ3n) is 12.6. The zero-order valence-corrected chi connectivity index (χ0v) is 48.4. The van der Waals surface area contributed by atoms with E-state index in [9.17, 15) is 75.9 Å². The molecular weight excluding hydrogens is 1130 g/mol. The highest BCUT2D eigenvalue weighted by Crippen LogP contribution is 2.20. The highest BCUT2D eigenvalue weighted by atomic mass is 32.3. The minimum atomic E-state index is -5.51. The van der Waals surface area contributed by atoms with Crippen molar-refractivity contribution in [2.24, 2.45) is 5.73 Å². The number of phenols is 1. The predicted octanol–water partition coefficient (Wildman–Crippen LogP) is 0.896. The number of unbranched alkanes of at least 4 members (excludes halogenated alkanes) is 2. The first-order valence-electron chi connectivity index (χ1n) is 27.2. The highest BCUT2D eigenvalue weighted by molar-refractivity contribution is 7.81. The Balaban J connectivity index is 1.61. The number of phenolic OH excluding ortho intramolecular Hbond substituents is 1. The molecule has 0 bridgehead atoms. The van der Waals surface area contributed by atoms with Crippen molar-refractivity contribution in [1.82, 2.24) is 47.5 Å². The third-order valence-corrected chi connectivity index (χ3v) is 13.0. The monoisotopic (exact) mass is 1210 g/mol. The molecule has 85 heavy (non-hydrogen) atoms. The number of nitrogens with one attached hydrogen (secondary N) is 9. The Kier molecular flexibility index (Phi) is 26.4. The van der Waals surface area contributed by atoms with Crippen LogP contribution < -0.4 is 48.3 Å². The number of ether oxygens (including phenoxy) is 1. The van der Waals surface area contributed by atoms with Gasteiger partial charge in [-0.05, 0) is 74.9 Å². The quantitative estimate of drug-likeness (QED) is 0.0302. The highest BCUT2D eigenvalue weighted by Gasteiger charge is 2.36. The van der Waals surface area contributed by atoms with Crippen molar-refractivity contribution in [1.29, 1.82) is 0 Å². The first-order valence-corrected chi connectivity index (χ1v) is 28.6. The second kappa shape index (κ2) is 32.8. The summed E-state index contributed by atoms with van der Waals surface area (Å²) in [7, 11) is -5.51. The number of carbonyl (C=O) groups is 11. The van der Waals surface area contributed by atoms with E-state index in [0.29, 0.717) is 46.9 Å². The number of carboxylic acids is 1. The first-order chi connectivity index (χ1) is 40.0. The smallest absolute Gasteiger partial charge is 0.448 e. The number of H-pyrrole nitrogens is 1. The number of para-hydroxylation sites is 1. The molecule has 0 fully saturated rings. The summed E-state index contributed by atoms with van der Waals surface area (Å²) < 4.78 is 41.7. The van der Waals surface area contributed by atoms with Crippen LogP contribution in [-0.4, -0.2) is 148 Å². The summed E-state index contributed by atoms with van der Waals surface area (Å²) in [4.78, 5) is 152. The van der Waals surface area contributed by atoms with Gasteiger partial charge in [0.1, 0.15) is 47.6 Å². The number of aliphatic carboxylic acids is 1. The van der Waals surface area contributed by atoms with Crippen LogP contribution in [0.25, 0.3) is 10.9 Å². The fraction of sp³-hybridized carbons (Fsp3) is 0.446. The van der Waals surface area contributed by atoms with Crippen LogP contribution >= 0.6 is 0 Å². The van der Waals surface area contributed by atoms with Gasteiger partial charge in [0.05, 0.1) is 25.4 Å². The molecule has 0 spiro atoms. The van der Waals surface area contributed by atoms with Gasteiger partial charge in [0, 0.05) is 29.9 Å². The van der Waals surface area contributed by atoms with Gasteiger partial charge in [-0.2, -0.15) is 8.42 Å². The number of carbonyl (C=O) groups excluding carboxylic acids is 10. The van der Waals surface area contributed by atoms with Gasteiger partial charge in [-0.3, -0.25) is 57.8 Å². The fourth-order valence-electron chi connectivity index (χ4n) is 8.41. The molecule has 14 N–H and O–H groups in total. The maximum absolute atomic E-state index is 14.5. The van der Waals surface area contributed by atoms with Crippen LogP contribution in [0.15, 0.2) is 85.1 Å². The number of aromatic amines is 1. The molecule has 4 aromatic rings. The van der Waals surface area contributed by atoms with Crippen molar-refractivity contribution in [2.75, 3.05) is 6.54 Å². The lowest BCUT2D eigenvalue weighted by Gasteiger charge is -2.27. The Labute approximate surface area is 490 Å². The number of rotatable bonds is 32. The largest absolute Gasteiger partial charge is 0.508 e. The molecule has 1 heterocycles. The topological polar surface area (TPSA) is 439 Å². The van der Waals surface area contributed by atoms with Gasteiger partial charge in [-0.15, -0.1) is 0 Å². The first kappa shape index (κ1) is 68.5. The molecule has 0 unspecified atom stereocenters. The van der Waals surface area contributed by atoms with Gasteiger partial charge in [0.2, 0.25) is 47.3 Å². The number of fused-ring (bicyclic) bond motifs is 1. The van der Waals surface area contributed by atoms with Crippen LogP contribution in [0.4, 0.5) is 4.79 Å². The average Bonchev–Trinajstić information content (AvgIpc) is 3.87. The van der Waals surface area contributed by atoms with E-state index in [4.69, 9.17) is 10.5 Å². The zero-order chi connectivity index (χ0) is 63.0. The molecular formula is C56H74N10O18S. The van der Waals surface area contributed by atoms with E-state index in [1.165, 1.54) is 45.0 Å². The minimum Gasteiger partial charge on any atom is -0.508 e. The second-order valence-corrected chi connectivity index (χ2v) is 21.9. The number of benzene rings is 3. The van der Waals surface area contributed by atoms with E-state index in [2.05, 4.69) is 46.4 Å². The van der Waals surface area contributed by atoms with Crippen molar-refractivity contribution < 1.29 is 84.8 Å². The summed E-state index contributed by atoms with van der Waals surface area (Å²) in [5, 5.41) is 38.7. The molecule has 0 saturated heterocycles. The summed E-state index contributed by atoms with van der Waals surface area (Å²) in [6.07, 6.45) is -0.695. The Hall–Kier alpha value is -8.96. The summed E-state index contributed by atoms with van der Waals surface area (Å²) in [5.74, 6) is -11.8. The third kappa shape index (κ3) is 24.4. The number of amides is 9. The summed E-state index contributed by atoms with van der Waals surface area (Å²) in [6, 6.07) is 9.69. The van der Waals surface area contributed by atoms with Crippen LogP contribution in [0.3, 0.4) is 0 Å². The Morgan fingerprint density at radius 2 is 1.12 bits per heavy atom. The van der Waals surface area contributed by atoms with Crippen LogP contribution in [-0.2, 0) is 86.5 Å². The molecule has 0 aliphatic carbocycles. The molecule has 0 saturated carbocycles. The Morgan fingerprint density at radius 3 is 1.73 bits per heavy atom. The SMILES string of the molecule is CCCC[C@H](NC(=O)[C@H](Cc1c[nH]c2ccccc12)NC(=O)CNC(=O)[C@H](CCCC)NC(=O)[C@@H](N)Cc1ccc(O)cc1)C(=O)N[C@@H](CC(=O)OS(=O)(=O)O)C(=O)N[C@@H](Cc1ccccc1)C(=O)NC(=O)[C@H](CC(=O)O)NC(=O)OC(C)(C)C. The lowest BCUT2D eigenvalue weighted by Crippen LogP contribution is -2.60. The van der Waals surface area contributed by atoms with Crippen molar-refractivity contribution in [2.45, 2.75) is 153 Å². The van der Waals surface area contributed by atoms with E-state index in [-0.39, 0.29) is 37.9 Å². The lowest BCUT2D eigenvalue weighted by molar-refractivity contribution is -0.142. The predicted molar refractivity (Wildman–Crippen MR) is 304 cm³/mol. The lowest BCUT2D eigenvalue weighted by atomic mass is 10.0. The van der Waals surface area contributed by atoms with E-state index >= 15 is 0 Å². The molecule has 1 aromatic heterocycles. The molecule has 28 nitrogen and oxygen atoms in total. The maximum atomic E-state index is 14.5. The molecule has 462 valence electrons. The molecule has 29 heteroatoms. The van der Waals surface area contributed by atoms with Crippen LogP contribution in [0.2, 0.25) is 0 Å². The summed E-state index contributed by atoms with van der Waals surface area (Å²) in [6.45, 7) is 7.40. The molecule has 9 amide bonds. The molecule has 7 atom stereocenters. The average molecular weight is 1210 g/mol. The number of nitrogens with two attached hydrogens (primary N) is 1. The summed E-state index contributed by atoms with van der Waals surface area (Å²) in [5.41, 5.74) is 7.29. The van der Waals surface area contributed by atoms with Crippen molar-refractivity contribution in [3.05, 3.63) is 102 Å². The number of imide groups is 1. The van der Waals surface area contributed by atoms with Gasteiger partial charge in [0.25, 0.3) is 0 Å². The minimum absolute atomic E-state index is 0.0203. The molecule has 4 rings (SSSR count). The number of hydrogen-bond acceptors (Lipinski definition) is 17. The standard InChI is InChI=1S/C56H74N10O18S/c1-6-8-18-39(61-48(72)37(57)25-33-21-23-35(67)24-22-33)49(73)59-31-45(68)60-42(27-34-30-58-38-20-14-13-17-36(34)38)51(75)62-40(19-9-7-2)50(74)64-44(29-47(71)84-85(80,81)82)52(76)63-41(26-32-15-11-10-12-16-32)53(77)66-54(78)43(28-46(69)70)65-55(79)83-56(3,4)5/h10-17,20-24,30,37,39-44,58,67H,6-9,18-19,25-29,31,57H2,1-5H3,(H,59,73)(H,60,68)(H,61,72)(H,62,75)(H,63,76)(H,64,74)(H,65,79)(H,69,70)(H,66,77,78)(H,80,81,82)/t37-,39-,40-,41-,42-,43-,44-/m0/s1. The number of aromatic hydroxyl groups is 1. The molecule has 0 aliphatic heterocycles. The zero-order valence-electron chi connectivity index (χ0n) is 47.6. The van der Waals surface area contributed by atoms with Crippen LogP contribution in [0.5, 0.6) is 5.75 Å². The Morgan fingerprint density at radius 1 is 0.600 bits per heavy atom. The van der Waals surface area contributed by atoms with Crippen LogP contribution in [0, 0.1) is 0 Å². The van der Waals surface area contributed by atoms with Crippen molar-refractivity contribution in [3.8, 4) is 5.75 Å². The molecule has 3 aromatic carbocycles. The number of aromatic nitrogens is 1. The second-order valence-electron chi connectivity index (χ2n) is 20.8. The Bertz CT molecular complexity index is 3120. The van der Waals surface area contributed by atoms with Gasteiger partial charge in [-0.1, -0.05) is 100 Å². The molecule has 0 aliphatic rings. The van der Waals surface area contributed by atoms with E-state index in [1.807, 2.05) is 12.2 Å². The fourth-order valence-corrected chi connectivity index (χ4v) is 8.71. The van der Waals surface area contributed by atoms with Crippen LogP contribution in [0.1, 0.15) is 103 Å². The number of hydrogen-bond donors (Lipinski definition) is 13. The molecule has 0 radical (unpaired) electrons. The van der Waals surface area contributed by atoms with Gasteiger partial charge in [-0.25, -0.2) is 4.79 Å². The maximum Gasteiger partial charge on any atom is 0.448 e. The van der Waals surface area contributed by atoms with Crippen molar-refractivity contribution in [3.63, 3.8) is 0 Å². The number of alkyl carbamates (subject to hydrolysis) is 1. The van der Waals surface area contributed by atoms with E-state index in [0.717, 1.165) is 0 Å².